The number of esters is 1. The van der Waals surface area contributed by atoms with Gasteiger partial charge in [-0.25, -0.2) is 0 Å². The van der Waals surface area contributed by atoms with Crippen LogP contribution < -0.4 is 10.1 Å². The van der Waals surface area contributed by atoms with E-state index in [0.29, 0.717) is 26.0 Å². The van der Waals surface area contributed by atoms with Crippen molar-refractivity contribution in [2.75, 3.05) is 33.4 Å². The maximum Gasteiger partial charge on any atom is 0.330 e. The number of carbonyl (C=O) groups excluding carboxylic acids is 1. The molecule has 2 unspecified atom stereocenters. The summed E-state index contributed by atoms with van der Waals surface area (Å²) in [4.78, 5) is 21.9. The first-order valence-electron chi connectivity index (χ1n) is 13.9. The highest BCUT2D eigenvalue weighted by atomic mass is 31.2. The van der Waals surface area contributed by atoms with E-state index in [9.17, 15) is 9.69 Å². The molecule has 8 heteroatoms. The lowest BCUT2D eigenvalue weighted by Gasteiger charge is -2.19. The van der Waals surface area contributed by atoms with E-state index in [0.717, 1.165) is 30.8 Å². The molecule has 0 bridgehead atoms. The highest BCUT2D eigenvalue weighted by Gasteiger charge is 2.18. The molecule has 208 valence electrons. The molecule has 0 spiro atoms. The molecule has 0 saturated heterocycles. The Morgan fingerprint density at radius 2 is 1.53 bits per heavy atom. The smallest absolute Gasteiger partial charge is 0.330 e. The zero-order valence-corrected chi connectivity index (χ0v) is 23.7. The van der Waals surface area contributed by atoms with Gasteiger partial charge in [0.15, 0.2) is 0 Å². The summed E-state index contributed by atoms with van der Waals surface area (Å²) in [5.74, 6) is 0.586. The van der Waals surface area contributed by atoms with Crippen molar-refractivity contribution in [1.82, 2.24) is 5.32 Å². The van der Waals surface area contributed by atoms with Crippen molar-refractivity contribution in [2.24, 2.45) is 0 Å². The molecule has 0 aliphatic heterocycles. The van der Waals surface area contributed by atoms with Gasteiger partial charge in [-0.15, -0.1) is 0 Å². The summed E-state index contributed by atoms with van der Waals surface area (Å²) in [6, 6.07) is 7.88. The SMILES string of the molecule is CCCCCCCCCCCCOc1ccc(CC(COP(O)OCCNC)OC(=O)CCC)cc1. The molecular formula is C28H50NO6P. The summed E-state index contributed by atoms with van der Waals surface area (Å²) in [6.07, 6.45) is 14.2. The third-order valence-electron chi connectivity index (χ3n) is 5.83. The molecule has 7 nitrogen and oxygen atoms in total. The highest BCUT2D eigenvalue weighted by Crippen LogP contribution is 2.33. The molecule has 0 fully saturated rings. The van der Waals surface area contributed by atoms with Crippen molar-refractivity contribution in [3.05, 3.63) is 29.8 Å². The third kappa shape index (κ3) is 18.1. The first-order chi connectivity index (χ1) is 17.6. The fourth-order valence-electron chi connectivity index (χ4n) is 3.76. The molecule has 0 saturated carbocycles. The van der Waals surface area contributed by atoms with Gasteiger partial charge in [0.2, 0.25) is 0 Å². The summed E-state index contributed by atoms with van der Waals surface area (Å²) in [6.45, 7) is 5.96. The van der Waals surface area contributed by atoms with Gasteiger partial charge in [0.1, 0.15) is 11.9 Å². The van der Waals surface area contributed by atoms with Gasteiger partial charge in [0, 0.05) is 19.4 Å². The van der Waals surface area contributed by atoms with Gasteiger partial charge in [-0.1, -0.05) is 83.8 Å². The van der Waals surface area contributed by atoms with E-state index in [2.05, 4.69) is 12.2 Å². The van der Waals surface area contributed by atoms with Gasteiger partial charge in [0.05, 0.1) is 19.8 Å². The number of rotatable bonds is 24. The first-order valence-corrected chi connectivity index (χ1v) is 15.0. The van der Waals surface area contributed by atoms with E-state index in [1.807, 2.05) is 31.2 Å². The van der Waals surface area contributed by atoms with Crippen molar-refractivity contribution >= 4 is 14.6 Å². The molecule has 2 N–H and O–H groups in total. The second-order valence-electron chi connectivity index (χ2n) is 9.21. The summed E-state index contributed by atoms with van der Waals surface area (Å²) in [5.41, 5.74) is 1.01. The molecule has 0 aliphatic carbocycles. The van der Waals surface area contributed by atoms with E-state index >= 15 is 0 Å². The Hall–Kier alpha value is -1.24. The molecule has 1 rings (SSSR count). The predicted molar refractivity (Wildman–Crippen MR) is 147 cm³/mol. The number of hydrogen-bond donors (Lipinski definition) is 2. The maximum absolute atomic E-state index is 12.0. The summed E-state index contributed by atoms with van der Waals surface area (Å²) < 4.78 is 22.1. The van der Waals surface area contributed by atoms with Gasteiger partial charge in [0.25, 0.3) is 0 Å². The predicted octanol–water partition coefficient (Wildman–Crippen LogP) is 6.71. The van der Waals surface area contributed by atoms with Gasteiger partial charge < -0.3 is 28.7 Å². The summed E-state index contributed by atoms with van der Waals surface area (Å²) >= 11 is 0. The Morgan fingerprint density at radius 3 is 2.14 bits per heavy atom. The second kappa shape index (κ2) is 22.9. The number of unbranched alkanes of at least 4 members (excludes halogenated alkanes) is 9. The van der Waals surface area contributed by atoms with Crippen LogP contribution in [0.15, 0.2) is 24.3 Å². The summed E-state index contributed by atoms with van der Waals surface area (Å²) in [5, 5.41) is 2.94. The zero-order valence-electron chi connectivity index (χ0n) is 22.8. The van der Waals surface area contributed by atoms with Crippen molar-refractivity contribution in [3.8, 4) is 5.75 Å². The molecule has 0 heterocycles. The minimum Gasteiger partial charge on any atom is -0.494 e. The van der Waals surface area contributed by atoms with Crippen molar-refractivity contribution in [3.63, 3.8) is 0 Å². The van der Waals surface area contributed by atoms with Crippen LogP contribution in [0.4, 0.5) is 0 Å². The van der Waals surface area contributed by atoms with E-state index < -0.39 is 14.7 Å². The Bertz CT molecular complexity index is 645. The van der Waals surface area contributed by atoms with Gasteiger partial charge in [-0.3, -0.25) is 4.79 Å². The van der Waals surface area contributed by atoms with Crippen LogP contribution in [0.5, 0.6) is 5.75 Å². The topological polar surface area (TPSA) is 86.2 Å². The number of carbonyl (C=O) groups is 1. The molecule has 0 amide bonds. The van der Waals surface area contributed by atoms with Crippen molar-refractivity contribution in [1.29, 1.82) is 0 Å². The molecular weight excluding hydrogens is 477 g/mol. The van der Waals surface area contributed by atoms with Crippen LogP contribution in [0.1, 0.15) is 96.5 Å². The van der Waals surface area contributed by atoms with Gasteiger partial charge in [-0.05, 0) is 37.6 Å². The standard InChI is InChI=1S/C28H50NO6P/c1-4-6-7-8-9-10-11-12-13-14-21-32-26-18-16-25(17-19-26)23-27(35-28(30)15-5-2)24-34-36(31)33-22-20-29-3/h16-19,27,29,31H,4-15,20-24H2,1-3H3. The first kappa shape index (κ1) is 32.8. The average Bonchev–Trinajstić information content (AvgIpc) is 2.87. The van der Waals surface area contributed by atoms with E-state index in [1.165, 1.54) is 57.8 Å². The van der Waals surface area contributed by atoms with E-state index in [4.69, 9.17) is 18.5 Å². The minimum absolute atomic E-state index is 0.0776. The lowest BCUT2D eigenvalue weighted by atomic mass is 10.1. The van der Waals surface area contributed by atoms with Crippen LogP contribution in [0.25, 0.3) is 0 Å². The van der Waals surface area contributed by atoms with Crippen LogP contribution in [0, 0.1) is 0 Å². The molecule has 0 aromatic heterocycles. The normalized spacial score (nSPS) is 12.9. The molecule has 0 radical (unpaired) electrons. The Labute approximate surface area is 220 Å². The van der Waals surface area contributed by atoms with Crippen LogP contribution >= 0.6 is 8.60 Å². The molecule has 36 heavy (non-hydrogen) atoms. The molecule has 1 aromatic rings. The maximum atomic E-state index is 12.0. The van der Waals surface area contributed by atoms with E-state index in [-0.39, 0.29) is 12.6 Å². The average molecular weight is 528 g/mol. The molecule has 1 aromatic carbocycles. The molecule has 2 atom stereocenters. The van der Waals surface area contributed by atoms with Crippen LogP contribution in [0.2, 0.25) is 0 Å². The quantitative estimate of drug-likeness (QED) is 0.0877. The lowest BCUT2D eigenvalue weighted by molar-refractivity contribution is -0.150. The zero-order chi connectivity index (χ0) is 26.3. The summed E-state index contributed by atoms with van der Waals surface area (Å²) in [7, 11) is -0.199. The number of ether oxygens (including phenoxy) is 2. The van der Waals surface area contributed by atoms with Gasteiger partial charge >= 0.3 is 14.6 Å². The van der Waals surface area contributed by atoms with Crippen LogP contribution in [-0.2, 0) is 25.0 Å². The minimum atomic E-state index is -2.01. The fraction of sp³-hybridized carbons (Fsp3) is 0.750. The number of benzene rings is 1. The highest BCUT2D eigenvalue weighted by molar-refractivity contribution is 7.40. The molecule has 0 aliphatic rings. The van der Waals surface area contributed by atoms with Crippen molar-refractivity contribution in [2.45, 2.75) is 103 Å². The van der Waals surface area contributed by atoms with Crippen molar-refractivity contribution < 1.29 is 28.2 Å². The lowest BCUT2D eigenvalue weighted by Crippen LogP contribution is -2.25. The van der Waals surface area contributed by atoms with E-state index in [1.54, 1.807) is 7.05 Å². The second-order valence-corrected chi connectivity index (χ2v) is 10.2. The Kier molecular flexibility index (Phi) is 20.9. The monoisotopic (exact) mass is 527 g/mol. The van der Waals surface area contributed by atoms with Crippen LogP contribution in [0.3, 0.4) is 0 Å². The Morgan fingerprint density at radius 1 is 0.889 bits per heavy atom. The number of likely N-dealkylation sites (N-methyl/N-ethyl adjacent to an activating group) is 1. The Balaban J connectivity index is 2.33. The largest absolute Gasteiger partial charge is 0.494 e. The number of hydrogen-bond acceptors (Lipinski definition) is 7. The van der Waals surface area contributed by atoms with Crippen LogP contribution in [-0.4, -0.2) is 50.4 Å². The van der Waals surface area contributed by atoms with Gasteiger partial charge in [-0.2, -0.15) is 0 Å². The number of nitrogens with one attached hydrogen (secondary N) is 1. The third-order valence-corrected chi connectivity index (χ3v) is 6.60. The fourth-order valence-corrected chi connectivity index (χ4v) is 4.37.